The third-order valence-electron chi connectivity index (χ3n) is 3.01. The van der Waals surface area contributed by atoms with E-state index in [1.165, 1.54) is 11.1 Å². The Balaban J connectivity index is 2.07. The largest absolute Gasteiger partial charge is 0.481 e. The molecule has 0 radical (unpaired) electrons. The van der Waals surface area contributed by atoms with Crippen molar-refractivity contribution in [2.45, 2.75) is 33.1 Å². The lowest BCUT2D eigenvalue weighted by Crippen LogP contribution is -1.96. The van der Waals surface area contributed by atoms with Crippen LogP contribution in [0, 0.1) is 13.8 Å². The van der Waals surface area contributed by atoms with Gasteiger partial charge in [0.25, 0.3) is 0 Å². The molecule has 1 N–H and O–H groups in total. The molecular formula is C14H16N2O3. The van der Waals surface area contributed by atoms with Crippen molar-refractivity contribution in [3.05, 3.63) is 35.2 Å². The summed E-state index contributed by atoms with van der Waals surface area (Å²) in [5, 5.41) is 12.5. The summed E-state index contributed by atoms with van der Waals surface area (Å²) < 4.78 is 5.12. The van der Waals surface area contributed by atoms with Crippen LogP contribution in [0.3, 0.4) is 0 Å². The van der Waals surface area contributed by atoms with Crippen molar-refractivity contribution < 1.29 is 14.4 Å². The SMILES string of the molecule is Cc1ccc(-c2noc(CCCC(=O)O)n2)cc1C. The van der Waals surface area contributed by atoms with Crippen LogP contribution in [0.25, 0.3) is 11.4 Å². The molecule has 0 bridgehead atoms. The Hall–Kier alpha value is -2.17. The predicted molar refractivity (Wildman–Crippen MR) is 69.8 cm³/mol. The maximum atomic E-state index is 10.4. The summed E-state index contributed by atoms with van der Waals surface area (Å²) in [5.74, 6) is 0.219. The van der Waals surface area contributed by atoms with Crippen molar-refractivity contribution in [1.82, 2.24) is 10.1 Å². The fourth-order valence-electron chi connectivity index (χ4n) is 1.75. The van der Waals surface area contributed by atoms with Crippen LogP contribution < -0.4 is 0 Å². The smallest absolute Gasteiger partial charge is 0.303 e. The summed E-state index contributed by atoms with van der Waals surface area (Å²) in [6, 6.07) is 5.99. The molecule has 0 fully saturated rings. The second kappa shape index (κ2) is 5.65. The molecule has 0 unspecified atom stereocenters. The highest BCUT2D eigenvalue weighted by Gasteiger charge is 2.09. The Morgan fingerprint density at radius 3 is 2.79 bits per heavy atom. The maximum absolute atomic E-state index is 10.4. The molecule has 1 aromatic heterocycles. The monoisotopic (exact) mass is 260 g/mol. The van der Waals surface area contributed by atoms with Gasteiger partial charge in [0.05, 0.1) is 0 Å². The van der Waals surface area contributed by atoms with Crippen molar-refractivity contribution >= 4 is 5.97 Å². The number of hydrogen-bond donors (Lipinski definition) is 1. The Labute approximate surface area is 111 Å². The highest BCUT2D eigenvalue weighted by Crippen LogP contribution is 2.19. The van der Waals surface area contributed by atoms with Gasteiger partial charge in [-0.1, -0.05) is 17.3 Å². The van der Waals surface area contributed by atoms with Gasteiger partial charge in [-0.2, -0.15) is 4.98 Å². The zero-order chi connectivity index (χ0) is 13.8. The molecule has 0 atom stereocenters. The molecule has 0 aliphatic carbocycles. The number of carbonyl (C=O) groups is 1. The number of aliphatic carboxylic acids is 1. The molecule has 2 aromatic rings. The van der Waals surface area contributed by atoms with E-state index in [9.17, 15) is 4.79 Å². The minimum absolute atomic E-state index is 0.112. The quantitative estimate of drug-likeness (QED) is 0.894. The Bertz CT molecular complexity index is 590. The number of aryl methyl sites for hydroxylation is 3. The lowest BCUT2D eigenvalue weighted by molar-refractivity contribution is -0.137. The summed E-state index contributed by atoms with van der Waals surface area (Å²) in [6.45, 7) is 4.08. The van der Waals surface area contributed by atoms with Crippen molar-refractivity contribution in [2.75, 3.05) is 0 Å². The first-order valence-corrected chi connectivity index (χ1v) is 6.18. The van der Waals surface area contributed by atoms with Gasteiger partial charge >= 0.3 is 5.97 Å². The van der Waals surface area contributed by atoms with E-state index in [0.717, 1.165) is 5.56 Å². The second-order valence-corrected chi connectivity index (χ2v) is 4.56. The van der Waals surface area contributed by atoms with Crippen molar-refractivity contribution in [3.63, 3.8) is 0 Å². The molecule has 5 heteroatoms. The first-order valence-electron chi connectivity index (χ1n) is 6.18. The van der Waals surface area contributed by atoms with Crippen LogP contribution >= 0.6 is 0 Å². The van der Waals surface area contributed by atoms with E-state index < -0.39 is 5.97 Å². The first kappa shape index (κ1) is 13.3. The number of hydrogen-bond acceptors (Lipinski definition) is 4. The van der Waals surface area contributed by atoms with E-state index in [2.05, 4.69) is 10.1 Å². The van der Waals surface area contributed by atoms with E-state index in [1.807, 2.05) is 32.0 Å². The van der Waals surface area contributed by atoms with Gasteiger partial charge in [-0.15, -0.1) is 0 Å². The van der Waals surface area contributed by atoms with Gasteiger partial charge in [0.15, 0.2) is 0 Å². The van der Waals surface area contributed by atoms with Gasteiger partial charge in [-0.25, -0.2) is 0 Å². The van der Waals surface area contributed by atoms with Crippen LogP contribution in [-0.2, 0) is 11.2 Å². The van der Waals surface area contributed by atoms with Gasteiger partial charge in [-0.05, 0) is 37.5 Å². The summed E-state index contributed by atoms with van der Waals surface area (Å²) in [7, 11) is 0. The van der Waals surface area contributed by atoms with Crippen molar-refractivity contribution in [3.8, 4) is 11.4 Å². The highest BCUT2D eigenvalue weighted by atomic mass is 16.5. The topological polar surface area (TPSA) is 76.2 Å². The number of benzene rings is 1. The van der Waals surface area contributed by atoms with E-state index in [0.29, 0.717) is 24.6 Å². The minimum atomic E-state index is -0.811. The second-order valence-electron chi connectivity index (χ2n) is 4.56. The fraction of sp³-hybridized carbons (Fsp3) is 0.357. The molecule has 0 saturated carbocycles. The molecular weight excluding hydrogens is 244 g/mol. The average molecular weight is 260 g/mol. The summed E-state index contributed by atoms with van der Waals surface area (Å²) >= 11 is 0. The first-order chi connectivity index (χ1) is 9.06. The van der Waals surface area contributed by atoms with Crippen LogP contribution in [-0.4, -0.2) is 21.2 Å². The highest BCUT2D eigenvalue weighted by molar-refractivity contribution is 5.66. The minimum Gasteiger partial charge on any atom is -0.481 e. The van der Waals surface area contributed by atoms with Gasteiger partial charge in [-0.3, -0.25) is 4.79 Å². The Kier molecular flexibility index (Phi) is 3.94. The molecule has 2 rings (SSSR count). The summed E-state index contributed by atoms with van der Waals surface area (Å²) in [5.41, 5.74) is 3.31. The number of nitrogens with zero attached hydrogens (tertiary/aromatic N) is 2. The van der Waals surface area contributed by atoms with E-state index in [4.69, 9.17) is 9.63 Å². The Morgan fingerprint density at radius 2 is 2.11 bits per heavy atom. The number of carboxylic acids is 1. The zero-order valence-corrected chi connectivity index (χ0v) is 11.0. The molecule has 0 aliphatic heterocycles. The molecule has 19 heavy (non-hydrogen) atoms. The molecule has 0 aliphatic rings. The maximum Gasteiger partial charge on any atom is 0.303 e. The Morgan fingerprint density at radius 1 is 1.32 bits per heavy atom. The fourth-order valence-corrected chi connectivity index (χ4v) is 1.75. The van der Waals surface area contributed by atoms with Gasteiger partial charge in [0.2, 0.25) is 11.7 Å². The lowest BCUT2D eigenvalue weighted by Gasteiger charge is -2.00. The molecule has 0 saturated heterocycles. The van der Waals surface area contributed by atoms with Crippen LogP contribution in [0.5, 0.6) is 0 Å². The number of carboxylic acid groups (broad SMARTS) is 1. The standard InChI is InChI=1S/C14H16N2O3/c1-9-6-7-11(8-10(9)2)14-15-12(19-16-14)4-3-5-13(17)18/h6-8H,3-5H2,1-2H3,(H,17,18). The molecule has 0 spiro atoms. The molecule has 100 valence electrons. The van der Waals surface area contributed by atoms with E-state index >= 15 is 0 Å². The van der Waals surface area contributed by atoms with Crippen molar-refractivity contribution in [1.29, 1.82) is 0 Å². The molecule has 0 amide bonds. The molecule has 1 heterocycles. The lowest BCUT2D eigenvalue weighted by atomic mass is 10.1. The number of aromatic nitrogens is 2. The summed E-state index contributed by atoms with van der Waals surface area (Å²) in [6.07, 6.45) is 1.11. The third-order valence-corrected chi connectivity index (χ3v) is 3.01. The van der Waals surface area contributed by atoms with Gasteiger partial charge in [0.1, 0.15) is 0 Å². The third kappa shape index (κ3) is 3.40. The van der Waals surface area contributed by atoms with Crippen LogP contribution in [0.15, 0.2) is 22.7 Å². The van der Waals surface area contributed by atoms with Crippen LogP contribution in [0.4, 0.5) is 0 Å². The number of rotatable bonds is 5. The van der Waals surface area contributed by atoms with E-state index in [1.54, 1.807) is 0 Å². The average Bonchev–Trinajstić information content (AvgIpc) is 2.81. The van der Waals surface area contributed by atoms with Crippen molar-refractivity contribution in [2.24, 2.45) is 0 Å². The van der Waals surface area contributed by atoms with Crippen LogP contribution in [0.2, 0.25) is 0 Å². The summed E-state index contributed by atoms with van der Waals surface area (Å²) in [4.78, 5) is 14.7. The predicted octanol–water partition coefficient (Wildman–Crippen LogP) is 2.76. The van der Waals surface area contributed by atoms with Gasteiger partial charge < -0.3 is 9.63 Å². The van der Waals surface area contributed by atoms with E-state index in [-0.39, 0.29) is 6.42 Å². The normalized spacial score (nSPS) is 10.6. The molecule has 5 nitrogen and oxygen atoms in total. The zero-order valence-electron chi connectivity index (χ0n) is 11.0. The molecule has 1 aromatic carbocycles. The van der Waals surface area contributed by atoms with Crippen LogP contribution in [0.1, 0.15) is 29.9 Å². The van der Waals surface area contributed by atoms with Gasteiger partial charge in [0, 0.05) is 18.4 Å².